The molecule has 2 aliphatic rings. The maximum absolute atomic E-state index is 12.2. The third-order valence-electron chi connectivity index (χ3n) is 5.56. The number of nitrogens with one attached hydrogen (secondary N) is 2. The number of rotatable bonds is 8. The number of guanidine groups is 1. The maximum atomic E-state index is 12.2. The van der Waals surface area contributed by atoms with Crippen molar-refractivity contribution in [2.75, 3.05) is 59.9 Å². The maximum Gasteiger partial charge on any atom is 0.253 e. The molecule has 2 N–H and O–H groups in total. The van der Waals surface area contributed by atoms with Gasteiger partial charge in [-0.2, -0.15) is 0 Å². The van der Waals surface area contributed by atoms with E-state index in [0.717, 1.165) is 63.5 Å². The Bertz CT molecular complexity index is 788. The van der Waals surface area contributed by atoms with Crippen molar-refractivity contribution in [2.45, 2.75) is 32.2 Å². The molecule has 0 bridgehead atoms. The summed E-state index contributed by atoms with van der Waals surface area (Å²) in [5, 5.41) is 6.45. The molecule has 0 atom stereocenters. The second kappa shape index (κ2) is 13.0. The second-order valence-electron chi connectivity index (χ2n) is 8.49. The van der Waals surface area contributed by atoms with Gasteiger partial charge in [-0.25, -0.2) is 0 Å². The molecule has 1 saturated carbocycles. The summed E-state index contributed by atoms with van der Waals surface area (Å²) >= 11 is 0. The zero-order valence-corrected chi connectivity index (χ0v) is 21.8. The van der Waals surface area contributed by atoms with E-state index in [1.54, 1.807) is 19.0 Å². The van der Waals surface area contributed by atoms with Crippen LogP contribution in [0.2, 0.25) is 0 Å². The molecule has 1 aliphatic heterocycles. The molecule has 1 aliphatic carbocycles. The number of piperazine rings is 1. The van der Waals surface area contributed by atoms with E-state index in [2.05, 4.69) is 27.4 Å². The highest BCUT2D eigenvalue weighted by Gasteiger charge is 2.25. The summed E-state index contributed by atoms with van der Waals surface area (Å²) in [4.78, 5) is 35.1. The molecule has 1 aromatic carbocycles. The number of nitrogens with zero attached hydrogens (tertiary/aromatic N) is 4. The molecule has 0 spiro atoms. The van der Waals surface area contributed by atoms with Crippen molar-refractivity contribution >= 4 is 41.8 Å². The van der Waals surface area contributed by atoms with E-state index in [0.29, 0.717) is 24.7 Å². The topological polar surface area (TPSA) is 80.3 Å². The van der Waals surface area contributed by atoms with Crippen molar-refractivity contribution in [1.29, 1.82) is 0 Å². The number of benzene rings is 1. The van der Waals surface area contributed by atoms with Gasteiger partial charge in [-0.15, -0.1) is 24.0 Å². The summed E-state index contributed by atoms with van der Waals surface area (Å²) in [7, 11) is 3.53. The van der Waals surface area contributed by atoms with Crippen LogP contribution in [0.4, 0.5) is 0 Å². The van der Waals surface area contributed by atoms with Crippen LogP contribution in [0.25, 0.3) is 0 Å². The summed E-state index contributed by atoms with van der Waals surface area (Å²) in [6, 6.07) is 8.20. The van der Waals surface area contributed by atoms with Crippen LogP contribution in [0.15, 0.2) is 29.3 Å². The quantitative estimate of drug-likeness (QED) is 0.288. The summed E-state index contributed by atoms with van der Waals surface area (Å²) < 4.78 is 0. The van der Waals surface area contributed by atoms with E-state index in [4.69, 9.17) is 4.99 Å². The monoisotopic (exact) mass is 556 g/mol. The predicted molar refractivity (Wildman–Crippen MR) is 139 cm³/mol. The van der Waals surface area contributed by atoms with Gasteiger partial charge in [0, 0.05) is 65.0 Å². The van der Waals surface area contributed by atoms with Crippen molar-refractivity contribution in [3.05, 3.63) is 35.4 Å². The molecule has 1 heterocycles. The highest BCUT2D eigenvalue weighted by Crippen LogP contribution is 2.18. The standard InChI is InChI=1S/C23H36N6O2.HI/c1-4-24-23(25-11-10-18-6-5-7-19(16-18)22(31)27(2)3)29-14-12-28(13-15-29)17-21(30)26-20-8-9-20;/h5-7,16,20H,4,8-15,17H2,1-3H3,(H,24,25)(H,26,30);1H. The normalized spacial score (nSPS) is 16.8. The van der Waals surface area contributed by atoms with Crippen molar-refractivity contribution in [2.24, 2.45) is 4.99 Å². The number of hydrogen-bond acceptors (Lipinski definition) is 4. The Balaban J connectivity index is 0.00000363. The van der Waals surface area contributed by atoms with Gasteiger partial charge in [0.1, 0.15) is 0 Å². The lowest BCUT2D eigenvalue weighted by molar-refractivity contribution is -0.122. The largest absolute Gasteiger partial charge is 0.357 e. The first-order chi connectivity index (χ1) is 15.0. The van der Waals surface area contributed by atoms with Gasteiger partial charge in [0.15, 0.2) is 5.96 Å². The van der Waals surface area contributed by atoms with E-state index in [1.807, 2.05) is 24.3 Å². The van der Waals surface area contributed by atoms with E-state index >= 15 is 0 Å². The lowest BCUT2D eigenvalue weighted by Crippen LogP contribution is -2.54. The highest BCUT2D eigenvalue weighted by molar-refractivity contribution is 14.0. The van der Waals surface area contributed by atoms with Crippen LogP contribution in [0.5, 0.6) is 0 Å². The minimum absolute atomic E-state index is 0. The Hall–Kier alpha value is -1.88. The van der Waals surface area contributed by atoms with Crippen LogP contribution in [-0.2, 0) is 11.2 Å². The second-order valence-corrected chi connectivity index (χ2v) is 8.49. The van der Waals surface area contributed by atoms with Crippen molar-refractivity contribution in [3.63, 3.8) is 0 Å². The van der Waals surface area contributed by atoms with Gasteiger partial charge >= 0.3 is 0 Å². The molecule has 178 valence electrons. The number of hydrogen-bond donors (Lipinski definition) is 2. The van der Waals surface area contributed by atoms with Crippen LogP contribution in [0, 0.1) is 0 Å². The molecule has 0 radical (unpaired) electrons. The first-order valence-corrected chi connectivity index (χ1v) is 11.3. The summed E-state index contributed by atoms with van der Waals surface area (Å²) in [6.45, 7) is 7.46. The fraction of sp³-hybridized carbons (Fsp3) is 0.609. The van der Waals surface area contributed by atoms with E-state index < -0.39 is 0 Å². The van der Waals surface area contributed by atoms with Gasteiger partial charge < -0.3 is 20.4 Å². The molecule has 3 rings (SSSR count). The van der Waals surface area contributed by atoms with Crippen LogP contribution in [0.1, 0.15) is 35.7 Å². The zero-order chi connectivity index (χ0) is 22.2. The number of aliphatic imine (C=N–C) groups is 1. The summed E-state index contributed by atoms with van der Waals surface area (Å²) in [6.07, 6.45) is 3.03. The van der Waals surface area contributed by atoms with Gasteiger partial charge in [0.25, 0.3) is 5.91 Å². The highest BCUT2D eigenvalue weighted by atomic mass is 127. The molecule has 2 amide bonds. The van der Waals surface area contributed by atoms with Gasteiger partial charge in [0.2, 0.25) is 5.91 Å². The third-order valence-corrected chi connectivity index (χ3v) is 5.56. The Labute approximate surface area is 208 Å². The Morgan fingerprint density at radius 1 is 1.16 bits per heavy atom. The minimum Gasteiger partial charge on any atom is -0.357 e. The molecule has 8 nitrogen and oxygen atoms in total. The van der Waals surface area contributed by atoms with Crippen LogP contribution in [-0.4, -0.2) is 98.4 Å². The predicted octanol–water partition coefficient (Wildman–Crippen LogP) is 1.41. The number of halogens is 1. The van der Waals surface area contributed by atoms with Gasteiger partial charge in [-0.1, -0.05) is 12.1 Å². The molecule has 1 saturated heterocycles. The zero-order valence-electron chi connectivity index (χ0n) is 19.5. The van der Waals surface area contributed by atoms with Gasteiger partial charge in [0.05, 0.1) is 6.54 Å². The molecule has 0 aromatic heterocycles. The summed E-state index contributed by atoms with van der Waals surface area (Å²) in [5.74, 6) is 1.08. The van der Waals surface area contributed by atoms with Crippen LogP contribution >= 0.6 is 24.0 Å². The molecule has 0 unspecified atom stereocenters. The Kier molecular flexibility index (Phi) is 10.7. The first kappa shape index (κ1) is 26.4. The average molecular weight is 556 g/mol. The Morgan fingerprint density at radius 3 is 2.50 bits per heavy atom. The smallest absolute Gasteiger partial charge is 0.253 e. The average Bonchev–Trinajstić information content (AvgIpc) is 3.57. The van der Waals surface area contributed by atoms with Crippen molar-refractivity contribution in [3.8, 4) is 0 Å². The Morgan fingerprint density at radius 2 is 1.88 bits per heavy atom. The fourth-order valence-corrected chi connectivity index (χ4v) is 3.66. The van der Waals surface area contributed by atoms with E-state index in [1.165, 1.54) is 0 Å². The molecule has 2 fully saturated rings. The number of carbonyl (C=O) groups excluding carboxylic acids is 2. The number of carbonyl (C=O) groups is 2. The van der Waals surface area contributed by atoms with E-state index in [9.17, 15) is 9.59 Å². The third kappa shape index (κ3) is 8.23. The van der Waals surface area contributed by atoms with Gasteiger partial charge in [-0.3, -0.25) is 19.5 Å². The van der Waals surface area contributed by atoms with Crippen molar-refractivity contribution < 1.29 is 9.59 Å². The molecule has 32 heavy (non-hydrogen) atoms. The lowest BCUT2D eigenvalue weighted by atomic mass is 10.1. The molecular weight excluding hydrogens is 519 g/mol. The van der Waals surface area contributed by atoms with E-state index in [-0.39, 0.29) is 35.8 Å². The summed E-state index contributed by atoms with van der Waals surface area (Å²) in [5.41, 5.74) is 1.82. The van der Waals surface area contributed by atoms with Gasteiger partial charge in [-0.05, 0) is 43.9 Å². The molecular formula is C23H37IN6O2. The SMILES string of the molecule is CCNC(=NCCc1cccc(C(=O)N(C)C)c1)N1CCN(CC(=O)NC2CC2)CC1.I. The van der Waals surface area contributed by atoms with Crippen LogP contribution in [0.3, 0.4) is 0 Å². The van der Waals surface area contributed by atoms with Crippen LogP contribution < -0.4 is 10.6 Å². The fourth-order valence-electron chi connectivity index (χ4n) is 3.66. The first-order valence-electron chi connectivity index (χ1n) is 11.3. The minimum atomic E-state index is 0. The lowest BCUT2D eigenvalue weighted by Gasteiger charge is -2.36. The number of amides is 2. The van der Waals surface area contributed by atoms with Crippen molar-refractivity contribution in [1.82, 2.24) is 25.3 Å². The molecule has 1 aromatic rings. The molecule has 9 heteroatoms.